The molecule has 0 N–H and O–H groups in total. The predicted octanol–water partition coefficient (Wildman–Crippen LogP) is 4.51. The van der Waals surface area contributed by atoms with Crippen molar-refractivity contribution in [1.29, 1.82) is 0 Å². The summed E-state index contributed by atoms with van der Waals surface area (Å²) in [5, 5.41) is 1.15. The number of furan rings is 1. The number of hydrogen-bond acceptors (Lipinski definition) is 11. The van der Waals surface area contributed by atoms with Gasteiger partial charge < -0.3 is 18.6 Å². The van der Waals surface area contributed by atoms with E-state index < -0.39 is 12.0 Å². The normalized spacial score (nSPS) is 15.7. The van der Waals surface area contributed by atoms with E-state index in [2.05, 4.69) is 9.97 Å². The van der Waals surface area contributed by atoms with E-state index in [0.29, 0.717) is 48.1 Å². The number of esters is 1. The summed E-state index contributed by atoms with van der Waals surface area (Å²) in [6, 6.07) is 19.4. The van der Waals surface area contributed by atoms with E-state index in [-0.39, 0.29) is 24.5 Å². The van der Waals surface area contributed by atoms with Gasteiger partial charge in [-0.1, -0.05) is 47.7 Å². The van der Waals surface area contributed by atoms with Crippen LogP contribution in [0, 0.1) is 6.92 Å². The van der Waals surface area contributed by atoms with Crippen LogP contribution >= 0.6 is 23.1 Å². The maximum Gasteiger partial charge on any atom is 0.338 e. The van der Waals surface area contributed by atoms with Crippen LogP contribution in [0.2, 0.25) is 0 Å². The third-order valence-corrected chi connectivity index (χ3v) is 8.71. The predicted molar refractivity (Wildman–Crippen MR) is 163 cm³/mol. The van der Waals surface area contributed by atoms with Crippen molar-refractivity contribution in [3.63, 3.8) is 0 Å². The SMILES string of the molecule is CCOC(=O)C1=C(c2ccccc2)N=c2s/c(=C/c3ccc(Sc4nccc(C)n4)o3)c(=O)n2[C@H]1c1ccc2c(c1)OCO2. The Morgan fingerprint density at radius 1 is 1.11 bits per heavy atom. The summed E-state index contributed by atoms with van der Waals surface area (Å²) < 4.78 is 24.6. The van der Waals surface area contributed by atoms with Gasteiger partial charge >= 0.3 is 5.97 Å². The van der Waals surface area contributed by atoms with Gasteiger partial charge in [-0.15, -0.1) is 0 Å². The Morgan fingerprint density at radius 2 is 1.95 bits per heavy atom. The summed E-state index contributed by atoms with van der Waals surface area (Å²) in [7, 11) is 0. The van der Waals surface area contributed by atoms with Crippen molar-refractivity contribution in [3.8, 4) is 11.5 Å². The molecule has 3 aromatic heterocycles. The molecule has 1 atom stereocenters. The highest BCUT2D eigenvalue weighted by molar-refractivity contribution is 7.99. The van der Waals surface area contributed by atoms with E-state index in [4.69, 9.17) is 23.6 Å². The van der Waals surface area contributed by atoms with Crippen molar-refractivity contribution in [2.75, 3.05) is 13.4 Å². The molecular formula is C32H24N4O6S2. The van der Waals surface area contributed by atoms with Gasteiger partial charge in [0, 0.05) is 23.5 Å². The van der Waals surface area contributed by atoms with Crippen molar-refractivity contribution in [1.82, 2.24) is 14.5 Å². The Bertz CT molecular complexity index is 2120. The number of fused-ring (bicyclic) bond motifs is 2. The number of carbonyl (C=O) groups excluding carboxylic acids is 1. The van der Waals surface area contributed by atoms with Crippen molar-refractivity contribution in [2.24, 2.45) is 4.99 Å². The summed E-state index contributed by atoms with van der Waals surface area (Å²) in [6.45, 7) is 3.89. The molecule has 5 aromatic rings. The van der Waals surface area contributed by atoms with E-state index in [0.717, 1.165) is 11.3 Å². The fraction of sp³-hybridized carbons (Fsp3) is 0.156. The molecule has 0 spiro atoms. The molecule has 0 saturated carbocycles. The molecule has 220 valence electrons. The van der Waals surface area contributed by atoms with Gasteiger partial charge in [0.25, 0.3) is 5.56 Å². The zero-order chi connectivity index (χ0) is 30.2. The molecule has 2 aliphatic heterocycles. The Kier molecular flexibility index (Phi) is 7.36. The first-order valence-corrected chi connectivity index (χ1v) is 15.4. The van der Waals surface area contributed by atoms with Gasteiger partial charge in [0.05, 0.1) is 28.5 Å². The lowest BCUT2D eigenvalue weighted by molar-refractivity contribution is -0.138. The Balaban J connectivity index is 1.39. The van der Waals surface area contributed by atoms with Gasteiger partial charge in [0.15, 0.2) is 26.5 Å². The summed E-state index contributed by atoms with van der Waals surface area (Å²) in [5.41, 5.74) is 2.61. The molecule has 7 rings (SSSR count). The maximum atomic E-state index is 14.1. The second-order valence-corrected chi connectivity index (χ2v) is 11.8. The largest absolute Gasteiger partial charge is 0.463 e. The molecular weight excluding hydrogens is 601 g/mol. The molecule has 0 bridgehead atoms. The van der Waals surface area contributed by atoms with Crippen LogP contribution in [0.25, 0.3) is 11.8 Å². The Hall–Kier alpha value is -4.94. The zero-order valence-electron chi connectivity index (χ0n) is 23.6. The molecule has 5 heterocycles. The minimum Gasteiger partial charge on any atom is -0.463 e. The summed E-state index contributed by atoms with van der Waals surface area (Å²) in [4.78, 5) is 41.8. The van der Waals surface area contributed by atoms with Gasteiger partial charge in [-0.25, -0.2) is 19.8 Å². The third kappa shape index (κ3) is 5.22. The number of nitrogens with zero attached hydrogens (tertiary/aromatic N) is 4. The highest BCUT2D eigenvalue weighted by Crippen LogP contribution is 2.40. The van der Waals surface area contributed by atoms with Gasteiger partial charge in [-0.05, 0) is 61.5 Å². The molecule has 44 heavy (non-hydrogen) atoms. The minimum absolute atomic E-state index is 0.0941. The van der Waals surface area contributed by atoms with E-state index in [1.54, 1.807) is 43.5 Å². The summed E-state index contributed by atoms with van der Waals surface area (Å²) in [5.74, 6) is 1.05. The number of aryl methyl sites for hydroxylation is 1. The maximum absolute atomic E-state index is 14.1. The fourth-order valence-corrected chi connectivity index (χ4v) is 6.74. The quantitative estimate of drug-likeness (QED) is 0.190. The first-order chi connectivity index (χ1) is 21.5. The average molecular weight is 625 g/mol. The first kappa shape index (κ1) is 27.9. The first-order valence-electron chi connectivity index (χ1n) is 13.7. The molecule has 0 unspecified atom stereocenters. The van der Waals surface area contributed by atoms with Crippen molar-refractivity contribution in [3.05, 3.63) is 121 Å². The Labute approximate surface area is 259 Å². The molecule has 2 aromatic carbocycles. The minimum atomic E-state index is -0.835. The molecule has 0 amide bonds. The lowest BCUT2D eigenvalue weighted by atomic mass is 9.93. The van der Waals surface area contributed by atoms with Gasteiger partial charge in [-0.3, -0.25) is 9.36 Å². The molecule has 0 fully saturated rings. The van der Waals surface area contributed by atoms with E-state index in [1.807, 2.05) is 49.4 Å². The van der Waals surface area contributed by atoms with E-state index >= 15 is 0 Å². The summed E-state index contributed by atoms with van der Waals surface area (Å²) in [6.07, 6.45) is 3.37. The fourth-order valence-electron chi connectivity index (χ4n) is 5.00. The monoisotopic (exact) mass is 624 g/mol. The highest BCUT2D eigenvalue weighted by atomic mass is 32.2. The van der Waals surface area contributed by atoms with Crippen molar-refractivity contribution >= 4 is 40.8 Å². The van der Waals surface area contributed by atoms with Crippen LogP contribution in [0.3, 0.4) is 0 Å². The number of rotatable bonds is 7. The van der Waals surface area contributed by atoms with Gasteiger partial charge in [-0.2, -0.15) is 0 Å². The second-order valence-electron chi connectivity index (χ2n) is 9.78. The second kappa shape index (κ2) is 11.6. The van der Waals surface area contributed by atoms with Crippen LogP contribution < -0.4 is 24.4 Å². The van der Waals surface area contributed by atoms with Gasteiger partial charge in [0.1, 0.15) is 5.76 Å². The van der Waals surface area contributed by atoms with Crippen molar-refractivity contribution in [2.45, 2.75) is 30.1 Å². The number of ether oxygens (including phenoxy) is 3. The molecule has 10 nitrogen and oxygen atoms in total. The number of aromatic nitrogens is 3. The van der Waals surface area contributed by atoms with Crippen molar-refractivity contribution < 1.29 is 23.4 Å². The lowest BCUT2D eigenvalue weighted by Crippen LogP contribution is -2.40. The van der Waals surface area contributed by atoms with Crippen LogP contribution in [0.4, 0.5) is 0 Å². The van der Waals surface area contributed by atoms with Crippen LogP contribution in [0.5, 0.6) is 11.5 Å². The molecule has 0 aliphatic carbocycles. The number of benzene rings is 2. The van der Waals surface area contributed by atoms with E-state index in [1.165, 1.54) is 27.7 Å². The molecule has 12 heteroatoms. The highest BCUT2D eigenvalue weighted by Gasteiger charge is 2.36. The number of hydrogen-bond donors (Lipinski definition) is 0. The number of carbonyl (C=O) groups is 1. The Morgan fingerprint density at radius 3 is 2.77 bits per heavy atom. The standard InChI is InChI=1S/C32H24N4O6S2/c1-3-39-30(38)26-27(19-7-5-4-6-8-19)35-32-36(28(26)20-9-11-22-23(15-20)41-17-40-22)29(37)24(43-32)16-21-10-12-25(42-21)44-31-33-14-13-18(2)34-31/h4-16,28H,3,17H2,1-2H3/b24-16+/t28-/m0/s1. The molecule has 0 saturated heterocycles. The van der Waals surface area contributed by atoms with Crippen LogP contribution in [-0.4, -0.2) is 33.9 Å². The number of thiazole rings is 1. The van der Waals surface area contributed by atoms with Crippen LogP contribution in [0.1, 0.15) is 35.5 Å². The van der Waals surface area contributed by atoms with Crippen LogP contribution in [0.15, 0.2) is 103 Å². The third-order valence-electron chi connectivity index (χ3n) is 6.93. The molecule has 0 radical (unpaired) electrons. The van der Waals surface area contributed by atoms with Crippen LogP contribution in [-0.2, 0) is 9.53 Å². The zero-order valence-corrected chi connectivity index (χ0v) is 25.2. The summed E-state index contributed by atoms with van der Waals surface area (Å²) >= 11 is 2.51. The van der Waals surface area contributed by atoms with Gasteiger partial charge in [0.2, 0.25) is 6.79 Å². The molecule has 2 aliphatic rings. The average Bonchev–Trinajstić information content (AvgIpc) is 3.76. The topological polar surface area (TPSA) is 118 Å². The lowest BCUT2D eigenvalue weighted by Gasteiger charge is -2.26. The smallest absolute Gasteiger partial charge is 0.338 e. The van der Waals surface area contributed by atoms with E-state index in [9.17, 15) is 9.59 Å².